The van der Waals surface area contributed by atoms with E-state index in [2.05, 4.69) is 198 Å². The molecular formula is C55H46O. The average molecular weight is 723 g/mol. The number of hydrogen-bond acceptors (Lipinski definition) is 1. The Morgan fingerprint density at radius 3 is 1.75 bits per heavy atom. The highest BCUT2D eigenvalue weighted by Crippen LogP contribution is 2.51. The molecule has 1 heteroatoms. The monoisotopic (exact) mass is 722 g/mol. The van der Waals surface area contributed by atoms with Crippen LogP contribution in [0.2, 0.25) is 0 Å². The van der Waals surface area contributed by atoms with Gasteiger partial charge in [0.25, 0.3) is 0 Å². The molecule has 0 fully saturated rings. The minimum absolute atomic E-state index is 0.116. The highest BCUT2D eigenvalue weighted by atomic mass is 16.3. The van der Waals surface area contributed by atoms with Crippen LogP contribution in [0.1, 0.15) is 57.1 Å². The molecule has 1 aliphatic rings. The van der Waals surface area contributed by atoms with Crippen LogP contribution in [0.25, 0.3) is 95.2 Å². The molecule has 0 atom stereocenters. The van der Waals surface area contributed by atoms with Crippen molar-refractivity contribution in [3.8, 4) is 44.5 Å². The van der Waals surface area contributed by atoms with E-state index < -0.39 is 0 Å². The Balaban J connectivity index is 1.14. The van der Waals surface area contributed by atoms with Crippen molar-refractivity contribution in [2.24, 2.45) is 0 Å². The summed E-state index contributed by atoms with van der Waals surface area (Å²) in [5.41, 5.74) is 14.7. The summed E-state index contributed by atoms with van der Waals surface area (Å²) >= 11 is 0. The fourth-order valence-corrected chi connectivity index (χ4v) is 9.07. The van der Waals surface area contributed by atoms with Gasteiger partial charge in [-0.15, -0.1) is 0 Å². The van der Waals surface area contributed by atoms with Gasteiger partial charge in [0, 0.05) is 16.4 Å². The van der Waals surface area contributed by atoms with Crippen LogP contribution in [0.4, 0.5) is 0 Å². The molecule has 0 N–H and O–H groups in total. The van der Waals surface area contributed by atoms with Gasteiger partial charge in [0.2, 0.25) is 0 Å². The van der Waals surface area contributed by atoms with Crippen molar-refractivity contribution in [2.45, 2.75) is 47.0 Å². The second-order valence-electron chi connectivity index (χ2n) is 15.5. The van der Waals surface area contributed by atoms with Crippen LogP contribution in [-0.4, -0.2) is 0 Å². The Morgan fingerprint density at radius 2 is 1.05 bits per heavy atom. The van der Waals surface area contributed by atoms with Crippen LogP contribution < -0.4 is 10.4 Å². The van der Waals surface area contributed by atoms with E-state index >= 15 is 0 Å². The summed E-state index contributed by atoms with van der Waals surface area (Å²) in [7, 11) is 0. The topological polar surface area (TPSA) is 13.1 Å². The number of furan rings is 1. The quantitative estimate of drug-likeness (QED) is 0.176. The maximum absolute atomic E-state index is 6.27. The van der Waals surface area contributed by atoms with Crippen molar-refractivity contribution in [1.29, 1.82) is 0 Å². The molecule has 0 amide bonds. The zero-order chi connectivity index (χ0) is 38.6. The van der Waals surface area contributed by atoms with Gasteiger partial charge in [0.15, 0.2) is 0 Å². The molecule has 8 aromatic rings. The first-order chi connectivity index (χ1) is 27.3. The van der Waals surface area contributed by atoms with Crippen LogP contribution in [0, 0.1) is 6.92 Å². The fraction of sp³-hybridized carbons (Fsp3) is 0.127. The van der Waals surface area contributed by atoms with Gasteiger partial charge in [-0.25, -0.2) is 0 Å². The molecule has 1 heterocycles. The van der Waals surface area contributed by atoms with Crippen molar-refractivity contribution < 1.29 is 4.42 Å². The first-order valence-corrected chi connectivity index (χ1v) is 19.8. The van der Waals surface area contributed by atoms with Gasteiger partial charge >= 0.3 is 0 Å². The summed E-state index contributed by atoms with van der Waals surface area (Å²) in [5.74, 6) is 0.937. The molecule has 1 nitrogen and oxygen atoms in total. The normalized spacial score (nSPS) is 13.8. The number of aryl methyl sites for hydroxylation is 1. The van der Waals surface area contributed by atoms with E-state index in [1.54, 1.807) is 0 Å². The average Bonchev–Trinajstić information content (AvgIpc) is 3.66. The Labute approximate surface area is 329 Å². The second-order valence-corrected chi connectivity index (χ2v) is 15.5. The summed E-state index contributed by atoms with van der Waals surface area (Å²) < 4.78 is 6.27. The van der Waals surface area contributed by atoms with Gasteiger partial charge in [-0.2, -0.15) is 0 Å². The van der Waals surface area contributed by atoms with Gasteiger partial charge in [-0.1, -0.05) is 141 Å². The highest BCUT2D eigenvalue weighted by molar-refractivity contribution is 6.10. The van der Waals surface area contributed by atoms with Crippen molar-refractivity contribution >= 4 is 50.7 Å². The van der Waals surface area contributed by atoms with Crippen LogP contribution in [0.15, 0.2) is 156 Å². The first kappa shape index (κ1) is 35.3. The third-order valence-electron chi connectivity index (χ3n) is 11.9. The molecule has 272 valence electrons. The minimum atomic E-state index is -0.116. The number of hydrogen-bond donors (Lipinski definition) is 0. The van der Waals surface area contributed by atoms with Gasteiger partial charge in [0.05, 0.1) is 0 Å². The molecule has 56 heavy (non-hydrogen) atoms. The number of benzene rings is 6. The van der Waals surface area contributed by atoms with Crippen LogP contribution in [-0.2, 0) is 5.41 Å². The number of rotatable bonds is 4. The summed E-state index contributed by atoms with van der Waals surface area (Å²) in [6.07, 6.45) is 8.60. The lowest BCUT2D eigenvalue weighted by molar-refractivity contribution is 0.601. The second kappa shape index (κ2) is 14.0. The van der Waals surface area contributed by atoms with Crippen molar-refractivity contribution in [3.63, 3.8) is 0 Å². The van der Waals surface area contributed by atoms with Crippen molar-refractivity contribution in [3.05, 3.63) is 185 Å². The van der Waals surface area contributed by atoms with E-state index in [1.807, 2.05) is 13.0 Å². The van der Waals surface area contributed by atoms with Crippen LogP contribution in [0.5, 0.6) is 0 Å². The molecule has 0 radical (unpaired) electrons. The smallest absolute Gasteiger partial charge is 0.135 e. The molecular weight excluding hydrogens is 677 g/mol. The summed E-state index contributed by atoms with van der Waals surface area (Å²) in [4.78, 5) is 0. The fourth-order valence-electron chi connectivity index (χ4n) is 9.07. The van der Waals surface area contributed by atoms with Crippen molar-refractivity contribution in [1.82, 2.24) is 0 Å². The van der Waals surface area contributed by atoms with E-state index in [0.717, 1.165) is 11.3 Å². The maximum atomic E-state index is 6.27. The number of allylic oxidation sites excluding steroid dienone is 1. The summed E-state index contributed by atoms with van der Waals surface area (Å²) in [6, 6.07) is 53.7. The molecule has 0 spiro atoms. The van der Waals surface area contributed by atoms with Gasteiger partial charge < -0.3 is 4.42 Å². The third-order valence-corrected chi connectivity index (χ3v) is 11.9. The lowest BCUT2D eigenvalue weighted by Gasteiger charge is -2.22. The van der Waals surface area contributed by atoms with Crippen molar-refractivity contribution in [2.75, 3.05) is 0 Å². The molecule has 7 aromatic carbocycles. The Hall–Kier alpha value is -6.44. The zero-order valence-corrected chi connectivity index (χ0v) is 33.1. The Morgan fingerprint density at radius 1 is 0.482 bits per heavy atom. The van der Waals surface area contributed by atoms with Gasteiger partial charge in [-0.05, 0) is 158 Å². The molecule has 0 saturated heterocycles. The zero-order valence-electron chi connectivity index (χ0n) is 33.1. The molecule has 0 unspecified atom stereocenters. The predicted octanol–water partition coefficient (Wildman–Crippen LogP) is 14.1. The van der Waals surface area contributed by atoms with Crippen LogP contribution >= 0.6 is 0 Å². The molecule has 9 rings (SSSR count). The predicted molar refractivity (Wildman–Crippen MR) is 242 cm³/mol. The van der Waals surface area contributed by atoms with E-state index in [-0.39, 0.29) is 5.41 Å². The lowest BCUT2D eigenvalue weighted by Crippen LogP contribution is -2.26. The number of fused-ring (bicyclic) bond motifs is 7. The molecule has 0 bridgehead atoms. The maximum Gasteiger partial charge on any atom is 0.135 e. The minimum Gasteiger partial charge on any atom is -0.456 e. The first-order valence-electron chi connectivity index (χ1n) is 19.8. The highest BCUT2D eigenvalue weighted by Gasteiger charge is 2.36. The Bertz CT molecular complexity index is 3080. The van der Waals surface area contributed by atoms with Gasteiger partial charge in [-0.3, -0.25) is 0 Å². The summed E-state index contributed by atoms with van der Waals surface area (Å²) in [5, 5.41) is 8.62. The van der Waals surface area contributed by atoms with Gasteiger partial charge in [0.1, 0.15) is 11.3 Å². The largest absolute Gasteiger partial charge is 0.456 e. The molecule has 0 aliphatic heterocycles. The molecule has 0 saturated carbocycles. The SMILES string of the molecule is C/C=C\c1oc2ccc3cc4c(cc3c2c1C)C(C)(C)c1ccc(-c2ccc3cc(-c5ccccccc(-c6ccccc6)c(=C/C)/c5=C\C)ccc3c2)cc1-4. The van der Waals surface area contributed by atoms with E-state index in [4.69, 9.17) is 4.42 Å². The van der Waals surface area contributed by atoms with Crippen LogP contribution in [0.3, 0.4) is 0 Å². The van der Waals surface area contributed by atoms with E-state index in [9.17, 15) is 0 Å². The van der Waals surface area contributed by atoms with E-state index in [0.29, 0.717) is 0 Å². The van der Waals surface area contributed by atoms with E-state index in [1.165, 1.54) is 98.6 Å². The molecule has 1 aliphatic carbocycles. The molecule has 1 aromatic heterocycles. The third kappa shape index (κ3) is 5.78. The summed E-state index contributed by atoms with van der Waals surface area (Å²) in [6.45, 7) is 13.2. The Kier molecular flexibility index (Phi) is 8.82. The lowest BCUT2D eigenvalue weighted by atomic mass is 9.81. The standard InChI is InChI=1S/C55H46O/c1-7-17-52-35(4)54-47-34-51-49(33-42(47)27-29-53(54)56-52)48-32-40(26-28-50(48)55(51,5)6)38-22-23-39-31-41(25-24-37(39)30-38)46-21-16-11-10-15-20-45(36-18-13-12-14-19-36)43(8-2)44(46)9-3/h7-34H,1-6H3/b15-10?,16-11?,17-7-,43-8+,44-9+,45-20?,46-21?.